The third-order valence-corrected chi connectivity index (χ3v) is 6.30. The Hall–Kier alpha value is -4.72. The first-order valence-electron chi connectivity index (χ1n) is 12.4. The number of carbonyl (C=O) groups excluding carboxylic acids is 2. The van der Waals surface area contributed by atoms with Crippen LogP contribution in [-0.2, 0) is 34.0 Å². The lowest BCUT2D eigenvalue weighted by atomic mass is 10.1. The van der Waals surface area contributed by atoms with Crippen molar-refractivity contribution in [1.82, 2.24) is 14.9 Å². The van der Waals surface area contributed by atoms with Gasteiger partial charge in [-0.25, -0.2) is 9.18 Å². The van der Waals surface area contributed by atoms with Crippen LogP contribution < -0.4 is 19.7 Å². The largest absolute Gasteiger partial charge is 0.486 e. The number of halogens is 1. The molecule has 0 radical (unpaired) electrons. The van der Waals surface area contributed by atoms with Crippen molar-refractivity contribution < 1.29 is 37.9 Å². The van der Waals surface area contributed by atoms with Crippen molar-refractivity contribution in [3.63, 3.8) is 0 Å². The van der Waals surface area contributed by atoms with E-state index in [1.807, 2.05) is 24.3 Å². The SMILES string of the molecule is CC(=O)NC[C@H]1CN(c2ccc(OCc3ccc(CO[C@@H]4COc5nc([N+](=O)[O-])cn5C4)cc3)c(F)c2)C(=O)O1. The van der Waals surface area contributed by atoms with Gasteiger partial charge in [0, 0.05) is 18.0 Å². The maximum atomic E-state index is 14.7. The molecule has 0 spiro atoms. The van der Waals surface area contributed by atoms with E-state index < -0.39 is 22.9 Å². The van der Waals surface area contributed by atoms with Crippen LogP contribution in [0.3, 0.4) is 0 Å². The molecule has 1 saturated heterocycles. The van der Waals surface area contributed by atoms with Crippen molar-refractivity contribution in [1.29, 1.82) is 0 Å². The first-order valence-corrected chi connectivity index (χ1v) is 12.4. The van der Waals surface area contributed by atoms with Crippen LogP contribution in [0.2, 0.25) is 0 Å². The van der Waals surface area contributed by atoms with Crippen molar-refractivity contribution >= 4 is 23.5 Å². The standard InChI is InChI=1S/C26H26FN5O8/c1-16(33)28-9-20-11-31(26(34)40-20)19-6-7-23(22(27)8-19)38-14-18-4-2-17(3-5-18)13-37-21-10-30-12-24(32(35)36)29-25(30)39-15-21/h2-8,12,20-21H,9-11,13-15H2,1H3,(H,28,33)/t20-,21-/m0/s1. The second-order valence-corrected chi connectivity index (χ2v) is 9.31. The van der Waals surface area contributed by atoms with E-state index in [-0.39, 0.29) is 55.9 Å². The minimum atomic E-state index is -0.623. The normalized spacial score (nSPS) is 18.1. The summed E-state index contributed by atoms with van der Waals surface area (Å²) in [4.78, 5) is 38.7. The van der Waals surface area contributed by atoms with Crippen molar-refractivity contribution in [2.75, 3.05) is 24.6 Å². The molecular weight excluding hydrogens is 529 g/mol. The first kappa shape index (κ1) is 26.9. The summed E-state index contributed by atoms with van der Waals surface area (Å²) < 4.78 is 38.5. The minimum Gasteiger partial charge on any atom is -0.486 e. The van der Waals surface area contributed by atoms with Gasteiger partial charge in [-0.3, -0.25) is 14.3 Å². The summed E-state index contributed by atoms with van der Waals surface area (Å²) in [5.41, 5.74) is 2.04. The van der Waals surface area contributed by atoms with Gasteiger partial charge >= 0.3 is 17.9 Å². The number of fused-ring (bicyclic) bond motifs is 1. The zero-order valence-electron chi connectivity index (χ0n) is 21.4. The molecule has 2 aromatic carbocycles. The predicted molar refractivity (Wildman–Crippen MR) is 136 cm³/mol. The molecule has 40 heavy (non-hydrogen) atoms. The molecule has 2 atom stereocenters. The van der Waals surface area contributed by atoms with Crippen LogP contribution in [0.15, 0.2) is 48.7 Å². The van der Waals surface area contributed by atoms with Crippen LogP contribution in [0.25, 0.3) is 0 Å². The van der Waals surface area contributed by atoms with E-state index in [4.69, 9.17) is 18.9 Å². The molecule has 14 heteroatoms. The fraction of sp³-hybridized carbons (Fsp3) is 0.346. The fourth-order valence-electron chi connectivity index (χ4n) is 4.24. The molecule has 0 bridgehead atoms. The summed E-state index contributed by atoms with van der Waals surface area (Å²) in [6.45, 7) is 2.80. The third kappa shape index (κ3) is 6.29. The number of aromatic nitrogens is 2. The number of nitro groups is 1. The van der Waals surface area contributed by atoms with Crippen molar-refractivity contribution in [3.8, 4) is 11.8 Å². The Balaban J connectivity index is 1.10. The second kappa shape index (κ2) is 11.6. The number of rotatable bonds is 10. The molecule has 13 nitrogen and oxygen atoms in total. The van der Waals surface area contributed by atoms with Crippen LogP contribution in [-0.4, -0.2) is 58.4 Å². The summed E-state index contributed by atoms with van der Waals surface area (Å²) in [6.07, 6.45) is -0.102. The molecule has 1 N–H and O–H groups in total. The summed E-state index contributed by atoms with van der Waals surface area (Å²) in [5.74, 6) is -1.09. The molecule has 0 aliphatic carbocycles. The Morgan fingerprint density at radius 2 is 1.95 bits per heavy atom. The van der Waals surface area contributed by atoms with Gasteiger partial charge in [-0.15, -0.1) is 0 Å². The quantitative estimate of drug-likeness (QED) is 0.295. The van der Waals surface area contributed by atoms with E-state index in [2.05, 4.69) is 10.3 Å². The molecule has 3 heterocycles. The molecule has 0 saturated carbocycles. The zero-order chi connectivity index (χ0) is 28.2. The average molecular weight is 556 g/mol. The van der Waals surface area contributed by atoms with E-state index in [1.165, 1.54) is 30.2 Å². The van der Waals surface area contributed by atoms with Gasteiger partial charge in [0.2, 0.25) is 5.91 Å². The Morgan fingerprint density at radius 3 is 2.65 bits per heavy atom. The highest BCUT2D eigenvalue weighted by Gasteiger charge is 2.33. The molecule has 3 aromatic rings. The van der Waals surface area contributed by atoms with Gasteiger partial charge in [0.15, 0.2) is 11.6 Å². The van der Waals surface area contributed by atoms with E-state index in [0.29, 0.717) is 18.8 Å². The summed E-state index contributed by atoms with van der Waals surface area (Å²) in [6, 6.07) is 11.8. The molecule has 0 unspecified atom stereocenters. The highest BCUT2D eigenvalue weighted by Crippen LogP contribution is 2.28. The lowest BCUT2D eigenvalue weighted by Gasteiger charge is -2.22. The van der Waals surface area contributed by atoms with E-state index in [0.717, 1.165) is 11.1 Å². The van der Waals surface area contributed by atoms with Gasteiger partial charge in [0.1, 0.15) is 31.6 Å². The van der Waals surface area contributed by atoms with E-state index in [1.54, 1.807) is 10.6 Å². The van der Waals surface area contributed by atoms with Gasteiger partial charge in [-0.05, 0) is 28.2 Å². The van der Waals surface area contributed by atoms with Gasteiger partial charge < -0.3 is 34.4 Å². The number of nitrogens with zero attached hydrogens (tertiary/aromatic N) is 4. The molecule has 210 valence electrons. The number of anilines is 1. The number of amides is 2. The Kier molecular flexibility index (Phi) is 7.77. The number of benzene rings is 2. The Bertz CT molecular complexity index is 1410. The minimum absolute atomic E-state index is 0.0370. The molecule has 2 aliphatic rings. The summed E-state index contributed by atoms with van der Waals surface area (Å²) in [5, 5.41) is 13.5. The monoisotopic (exact) mass is 555 g/mol. The predicted octanol–water partition coefficient (Wildman–Crippen LogP) is 2.95. The molecule has 1 aromatic heterocycles. The molecule has 1 fully saturated rings. The van der Waals surface area contributed by atoms with Gasteiger partial charge in [-0.1, -0.05) is 24.3 Å². The number of ether oxygens (including phenoxy) is 4. The third-order valence-electron chi connectivity index (χ3n) is 6.30. The number of hydrogen-bond donors (Lipinski definition) is 1. The average Bonchev–Trinajstić information content (AvgIpc) is 3.53. The molecule has 5 rings (SSSR count). The Labute approximate surface area is 227 Å². The topological polar surface area (TPSA) is 147 Å². The highest BCUT2D eigenvalue weighted by molar-refractivity contribution is 5.90. The zero-order valence-corrected chi connectivity index (χ0v) is 21.4. The second-order valence-electron chi connectivity index (χ2n) is 9.31. The number of cyclic esters (lactones) is 1. The van der Waals surface area contributed by atoms with Crippen molar-refractivity contribution in [2.45, 2.75) is 38.9 Å². The number of imidazole rings is 1. The fourth-order valence-corrected chi connectivity index (χ4v) is 4.24. The molecule has 2 amide bonds. The van der Waals surface area contributed by atoms with Gasteiger partial charge in [0.05, 0.1) is 31.9 Å². The smallest absolute Gasteiger partial charge is 0.414 e. The van der Waals surface area contributed by atoms with Crippen molar-refractivity contribution in [3.05, 3.63) is 75.7 Å². The summed E-state index contributed by atoms with van der Waals surface area (Å²) in [7, 11) is 0. The van der Waals surface area contributed by atoms with Crippen LogP contribution in [0.5, 0.6) is 11.8 Å². The molecular formula is C26H26FN5O8. The first-order chi connectivity index (χ1) is 19.2. The van der Waals surface area contributed by atoms with Crippen LogP contribution in [0, 0.1) is 15.9 Å². The Morgan fingerprint density at radius 1 is 1.20 bits per heavy atom. The van der Waals surface area contributed by atoms with Gasteiger partial charge in [0.25, 0.3) is 0 Å². The number of carbonyl (C=O) groups is 2. The molecule has 2 aliphatic heterocycles. The lowest BCUT2D eigenvalue weighted by molar-refractivity contribution is -0.389. The van der Waals surface area contributed by atoms with E-state index in [9.17, 15) is 24.1 Å². The maximum absolute atomic E-state index is 14.7. The lowest BCUT2D eigenvalue weighted by Crippen LogP contribution is -2.33. The van der Waals surface area contributed by atoms with E-state index >= 15 is 0 Å². The maximum Gasteiger partial charge on any atom is 0.414 e. The summed E-state index contributed by atoms with van der Waals surface area (Å²) >= 11 is 0. The van der Waals surface area contributed by atoms with Crippen LogP contribution >= 0.6 is 0 Å². The van der Waals surface area contributed by atoms with Crippen LogP contribution in [0.4, 0.5) is 20.7 Å². The van der Waals surface area contributed by atoms with Gasteiger partial charge in [-0.2, -0.15) is 0 Å². The highest BCUT2D eigenvalue weighted by atomic mass is 19.1. The number of hydrogen-bond acceptors (Lipinski definition) is 9. The van der Waals surface area contributed by atoms with Crippen LogP contribution in [0.1, 0.15) is 18.1 Å². The van der Waals surface area contributed by atoms with Crippen molar-refractivity contribution in [2.24, 2.45) is 0 Å². The number of nitrogens with one attached hydrogen (secondary N) is 1.